The highest BCUT2D eigenvalue weighted by Crippen LogP contribution is 2.14. The number of aromatic amines is 2. The average molecular weight is 263 g/mol. The Bertz CT molecular complexity index is 590. The molecule has 0 saturated heterocycles. The first-order valence-corrected chi connectivity index (χ1v) is 6.06. The first-order valence-electron chi connectivity index (χ1n) is 6.06. The minimum Gasteiger partial charge on any atom is -0.489 e. The Kier molecular flexibility index (Phi) is 4.17. The molecule has 0 spiro atoms. The zero-order chi connectivity index (χ0) is 13.7. The smallest absolute Gasteiger partial charge is 0.295 e. The van der Waals surface area contributed by atoms with Crippen molar-refractivity contribution in [1.82, 2.24) is 20.2 Å². The molecule has 0 aliphatic heterocycles. The topological polar surface area (TPSA) is 95.7 Å². The monoisotopic (exact) mass is 263 g/mol. The van der Waals surface area contributed by atoms with Gasteiger partial charge in [-0.15, -0.1) is 0 Å². The molecule has 2 rings (SSSR count). The third kappa shape index (κ3) is 3.12. The van der Waals surface area contributed by atoms with Crippen LogP contribution in [0.2, 0.25) is 0 Å². The summed E-state index contributed by atoms with van der Waals surface area (Å²) in [5.41, 5.74) is 2.00. The first kappa shape index (κ1) is 13.1. The van der Waals surface area contributed by atoms with Gasteiger partial charge in [0.15, 0.2) is 5.82 Å². The molecule has 2 heterocycles. The summed E-state index contributed by atoms with van der Waals surface area (Å²) < 4.78 is 5.01. The Hall–Kier alpha value is -2.31. The molecule has 7 nitrogen and oxygen atoms in total. The third-order valence-corrected chi connectivity index (χ3v) is 2.86. The van der Waals surface area contributed by atoms with E-state index in [4.69, 9.17) is 4.74 Å². The van der Waals surface area contributed by atoms with E-state index in [1.807, 2.05) is 13.1 Å². The Morgan fingerprint density at radius 1 is 1.47 bits per heavy atom. The van der Waals surface area contributed by atoms with E-state index < -0.39 is 0 Å². The van der Waals surface area contributed by atoms with Gasteiger partial charge in [0, 0.05) is 12.2 Å². The van der Waals surface area contributed by atoms with Crippen LogP contribution in [-0.4, -0.2) is 33.8 Å². The van der Waals surface area contributed by atoms with E-state index >= 15 is 0 Å². The molecule has 0 aromatic carbocycles. The van der Waals surface area contributed by atoms with Gasteiger partial charge < -0.3 is 15.0 Å². The zero-order valence-electron chi connectivity index (χ0n) is 11.0. The lowest BCUT2D eigenvalue weighted by atomic mass is 10.1. The molecule has 0 fully saturated rings. The van der Waals surface area contributed by atoms with Crippen LogP contribution >= 0.6 is 0 Å². The summed E-state index contributed by atoms with van der Waals surface area (Å²) >= 11 is 0. The van der Waals surface area contributed by atoms with Crippen molar-refractivity contribution in [1.29, 1.82) is 0 Å². The number of hydrogen-bond donors (Lipinski definition) is 3. The van der Waals surface area contributed by atoms with Crippen molar-refractivity contribution >= 4 is 5.82 Å². The van der Waals surface area contributed by atoms with E-state index in [1.165, 1.54) is 19.0 Å². The lowest BCUT2D eigenvalue weighted by molar-refractivity contribution is 0.408. The van der Waals surface area contributed by atoms with Gasteiger partial charge in [0.25, 0.3) is 5.56 Å². The lowest BCUT2D eigenvalue weighted by Gasteiger charge is -2.08. The number of ether oxygens (including phenoxy) is 1. The molecule has 102 valence electrons. The summed E-state index contributed by atoms with van der Waals surface area (Å²) in [6.45, 7) is 2.70. The van der Waals surface area contributed by atoms with Crippen LogP contribution in [0.15, 0.2) is 17.3 Å². The molecular weight excluding hydrogens is 246 g/mol. The molecule has 0 atom stereocenters. The van der Waals surface area contributed by atoms with Crippen molar-refractivity contribution < 1.29 is 4.74 Å². The summed E-state index contributed by atoms with van der Waals surface area (Å²) in [6, 6.07) is 0. The number of nitrogens with one attached hydrogen (secondary N) is 3. The highest BCUT2D eigenvalue weighted by Gasteiger charge is 2.08. The maximum Gasteiger partial charge on any atom is 0.295 e. The number of aryl methyl sites for hydroxylation is 2. The molecule has 0 aliphatic carbocycles. The molecule has 2 aromatic rings. The fourth-order valence-electron chi connectivity index (χ4n) is 1.82. The van der Waals surface area contributed by atoms with Crippen LogP contribution in [0.3, 0.4) is 0 Å². The Balaban J connectivity index is 1.88. The van der Waals surface area contributed by atoms with Gasteiger partial charge in [-0.2, -0.15) is 5.10 Å². The predicted molar refractivity (Wildman–Crippen MR) is 71.5 cm³/mol. The number of methoxy groups -OCH3 is 1. The number of hydrogen-bond acceptors (Lipinski definition) is 5. The van der Waals surface area contributed by atoms with Crippen molar-refractivity contribution in [3.63, 3.8) is 0 Å². The molecule has 19 heavy (non-hydrogen) atoms. The Morgan fingerprint density at radius 2 is 2.32 bits per heavy atom. The normalized spacial score (nSPS) is 10.4. The zero-order valence-corrected chi connectivity index (χ0v) is 11.0. The summed E-state index contributed by atoms with van der Waals surface area (Å²) in [5.74, 6) is 0.678. The standard InChI is InChI=1S/C12H17N5O2/c1-8-9(6-16-17-8)4-3-5-13-11-10(19-2)12(18)15-7-14-11/h6-7H,3-5H2,1-2H3,(H,16,17)(H2,13,14,15,18). The van der Waals surface area contributed by atoms with Crippen LogP contribution in [0.4, 0.5) is 5.82 Å². The molecule has 3 N–H and O–H groups in total. The number of nitrogens with zero attached hydrogens (tertiary/aromatic N) is 2. The molecule has 0 radical (unpaired) electrons. The predicted octanol–water partition coefficient (Wildman–Crippen LogP) is 0.855. The highest BCUT2D eigenvalue weighted by molar-refractivity contribution is 5.47. The van der Waals surface area contributed by atoms with Crippen molar-refractivity contribution in [2.75, 3.05) is 19.0 Å². The molecule has 7 heteroatoms. The summed E-state index contributed by atoms with van der Waals surface area (Å²) in [4.78, 5) is 18.0. The Labute approximate surface area is 110 Å². The molecular formula is C12H17N5O2. The quantitative estimate of drug-likeness (QED) is 0.672. The largest absolute Gasteiger partial charge is 0.489 e. The fourth-order valence-corrected chi connectivity index (χ4v) is 1.82. The van der Waals surface area contributed by atoms with Gasteiger partial charge in [0.2, 0.25) is 5.75 Å². The molecule has 0 saturated carbocycles. The van der Waals surface area contributed by atoms with Crippen LogP contribution in [0.5, 0.6) is 5.75 Å². The van der Waals surface area contributed by atoms with E-state index in [9.17, 15) is 4.79 Å². The van der Waals surface area contributed by atoms with E-state index in [0.29, 0.717) is 12.4 Å². The number of aromatic nitrogens is 4. The first-order chi connectivity index (χ1) is 9.22. The van der Waals surface area contributed by atoms with Crippen molar-refractivity contribution in [3.8, 4) is 5.75 Å². The Morgan fingerprint density at radius 3 is 3.00 bits per heavy atom. The van der Waals surface area contributed by atoms with Crippen molar-refractivity contribution in [2.45, 2.75) is 19.8 Å². The van der Waals surface area contributed by atoms with E-state index in [2.05, 4.69) is 25.5 Å². The van der Waals surface area contributed by atoms with Crippen LogP contribution < -0.4 is 15.6 Å². The number of H-pyrrole nitrogens is 2. The number of anilines is 1. The minimum atomic E-state index is -0.286. The summed E-state index contributed by atoms with van der Waals surface area (Å²) in [7, 11) is 1.45. The lowest BCUT2D eigenvalue weighted by Crippen LogP contribution is -2.14. The summed E-state index contributed by atoms with van der Waals surface area (Å²) in [5, 5.41) is 9.98. The van der Waals surface area contributed by atoms with Gasteiger partial charge in [0.1, 0.15) is 0 Å². The molecule has 0 bridgehead atoms. The van der Waals surface area contributed by atoms with E-state index in [0.717, 1.165) is 18.5 Å². The van der Waals surface area contributed by atoms with Gasteiger partial charge in [-0.3, -0.25) is 9.89 Å². The van der Waals surface area contributed by atoms with Crippen molar-refractivity contribution in [2.24, 2.45) is 0 Å². The SMILES string of the molecule is COc1c(NCCCc2cn[nH]c2C)nc[nH]c1=O. The van der Waals surface area contributed by atoms with Gasteiger partial charge in [-0.05, 0) is 25.3 Å². The van der Waals surface area contributed by atoms with Gasteiger partial charge in [-0.25, -0.2) is 4.98 Å². The minimum absolute atomic E-state index is 0.210. The second-order valence-electron chi connectivity index (χ2n) is 4.16. The highest BCUT2D eigenvalue weighted by atomic mass is 16.5. The van der Waals surface area contributed by atoms with Crippen molar-refractivity contribution in [3.05, 3.63) is 34.1 Å². The molecule has 2 aromatic heterocycles. The maximum absolute atomic E-state index is 11.5. The third-order valence-electron chi connectivity index (χ3n) is 2.86. The van der Waals surface area contributed by atoms with Gasteiger partial charge >= 0.3 is 0 Å². The van der Waals surface area contributed by atoms with E-state index in [1.54, 1.807) is 0 Å². The van der Waals surface area contributed by atoms with Crippen LogP contribution in [0.25, 0.3) is 0 Å². The molecule has 0 aliphatic rings. The van der Waals surface area contributed by atoms with E-state index in [-0.39, 0.29) is 11.3 Å². The maximum atomic E-state index is 11.5. The van der Waals surface area contributed by atoms with Gasteiger partial charge in [-0.1, -0.05) is 0 Å². The number of rotatable bonds is 6. The average Bonchev–Trinajstić information content (AvgIpc) is 2.80. The fraction of sp³-hybridized carbons (Fsp3) is 0.417. The second kappa shape index (κ2) is 6.03. The second-order valence-corrected chi connectivity index (χ2v) is 4.16. The van der Waals surface area contributed by atoms with Crippen LogP contribution in [0, 0.1) is 6.92 Å². The molecule has 0 unspecified atom stereocenters. The van der Waals surface area contributed by atoms with Crippen LogP contribution in [0.1, 0.15) is 17.7 Å². The van der Waals surface area contributed by atoms with Gasteiger partial charge in [0.05, 0.1) is 19.6 Å². The van der Waals surface area contributed by atoms with Crippen LogP contribution in [-0.2, 0) is 6.42 Å². The molecule has 0 amide bonds. The summed E-state index contributed by atoms with van der Waals surface area (Å²) in [6.07, 6.45) is 5.02.